The number of aryl methyl sites for hydroxylation is 1. The van der Waals surface area contributed by atoms with E-state index in [1.165, 1.54) is 0 Å². The lowest BCUT2D eigenvalue weighted by Gasteiger charge is -2.25. The Bertz CT molecular complexity index is 640. The summed E-state index contributed by atoms with van der Waals surface area (Å²) < 4.78 is 0. The minimum absolute atomic E-state index is 0.0155. The summed E-state index contributed by atoms with van der Waals surface area (Å²) >= 11 is 5.96. The number of halogens is 1. The van der Waals surface area contributed by atoms with Crippen LogP contribution in [0.2, 0.25) is 5.15 Å². The lowest BCUT2D eigenvalue weighted by Crippen LogP contribution is -2.30. The fourth-order valence-corrected chi connectivity index (χ4v) is 3.11. The van der Waals surface area contributed by atoms with Crippen LogP contribution in [0.5, 0.6) is 0 Å². The highest BCUT2D eigenvalue weighted by Crippen LogP contribution is 2.33. The van der Waals surface area contributed by atoms with Gasteiger partial charge in [0.15, 0.2) is 0 Å². The van der Waals surface area contributed by atoms with E-state index in [1.54, 1.807) is 24.5 Å². The minimum Gasteiger partial charge on any atom is -0.332 e. The van der Waals surface area contributed by atoms with E-state index in [0.717, 1.165) is 30.6 Å². The van der Waals surface area contributed by atoms with Crippen LogP contribution in [-0.4, -0.2) is 27.3 Å². The standard InChI is InChI=1S/C16H16ClN3O/c1-11-9-13(10-15(17)19-11)16(21)20-8-2-3-14(20)12-4-6-18-7-5-12/h4-7,9-10,14H,2-3,8H2,1H3. The third kappa shape index (κ3) is 2.90. The molecule has 0 radical (unpaired) electrons. The molecule has 1 aliphatic heterocycles. The number of rotatable bonds is 2. The van der Waals surface area contributed by atoms with Gasteiger partial charge < -0.3 is 4.90 Å². The van der Waals surface area contributed by atoms with E-state index in [-0.39, 0.29) is 11.9 Å². The molecule has 1 amide bonds. The second-order valence-electron chi connectivity index (χ2n) is 5.26. The number of hydrogen-bond donors (Lipinski definition) is 0. The van der Waals surface area contributed by atoms with Crippen molar-refractivity contribution in [2.24, 2.45) is 0 Å². The molecule has 0 aliphatic carbocycles. The Morgan fingerprint density at radius 2 is 2.10 bits per heavy atom. The van der Waals surface area contributed by atoms with E-state index in [1.807, 2.05) is 24.0 Å². The molecule has 5 heteroatoms. The molecule has 21 heavy (non-hydrogen) atoms. The Balaban J connectivity index is 1.90. The fraction of sp³-hybridized carbons (Fsp3) is 0.312. The second-order valence-corrected chi connectivity index (χ2v) is 5.64. The van der Waals surface area contributed by atoms with Gasteiger partial charge >= 0.3 is 0 Å². The molecule has 2 aromatic rings. The Kier molecular flexibility index (Phi) is 3.88. The maximum Gasteiger partial charge on any atom is 0.254 e. The van der Waals surface area contributed by atoms with Gasteiger partial charge in [-0.05, 0) is 49.6 Å². The third-order valence-electron chi connectivity index (χ3n) is 3.77. The van der Waals surface area contributed by atoms with E-state index in [4.69, 9.17) is 11.6 Å². The summed E-state index contributed by atoms with van der Waals surface area (Å²) in [6.07, 6.45) is 5.53. The monoisotopic (exact) mass is 301 g/mol. The zero-order valence-corrected chi connectivity index (χ0v) is 12.5. The van der Waals surface area contributed by atoms with Crippen molar-refractivity contribution in [3.63, 3.8) is 0 Å². The van der Waals surface area contributed by atoms with Gasteiger partial charge in [-0.3, -0.25) is 9.78 Å². The highest BCUT2D eigenvalue weighted by Gasteiger charge is 2.30. The lowest BCUT2D eigenvalue weighted by atomic mass is 10.1. The van der Waals surface area contributed by atoms with Crippen molar-refractivity contribution in [3.05, 3.63) is 58.6 Å². The molecule has 1 unspecified atom stereocenters. The van der Waals surface area contributed by atoms with E-state index in [9.17, 15) is 4.79 Å². The molecule has 0 aromatic carbocycles. The first-order valence-corrected chi connectivity index (χ1v) is 7.38. The van der Waals surface area contributed by atoms with E-state index in [2.05, 4.69) is 9.97 Å². The Morgan fingerprint density at radius 3 is 2.81 bits per heavy atom. The van der Waals surface area contributed by atoms with Crippen LogP contribution in [0.3, 0.4) is 0 Å². The average molecular weight is 302 g/mol. The topological polar surface area (TPSA) is 46.1 Å². The van der Waals surface area contributed by atoms with Crippen molar-refractivity contribution in [1.82, 2.24) is 14.9 Å². The van der Waals surface area contributed by atoms with Gasteiger partial charge in [0, 0.05) is 30.2 Å². The van der Waals surface area contributed by atoms with Crippen LogP contribution in [0.15, 0.2) is 36.7 Å². The molecule has 1 saturated heterocycles. The molecule has 4 nitrogen and oxygen atoms in total. The van der Waals surface area contributed by atoms with Gasteiger partial charge in [-0.15, -0.1) is 0 Å². The maximum atomic E-state index is 12.8. The van der Waals surface area contributed by atoms with Crippen LogP contribution in [0, 0.1) is 6.92 Å². The summed E-state index contributed by atoms with van der Waals surface area (Å²) in [4.78, 5) is 22.8. The summed E-state index contributed by atoms with van der Waals surface area (Å²) in [6.45, 7) is 2.61. The number of hydrogen-bond acceptors (Lipinski definition) is 3. The van der Waals surface area contributed by atoms with Crippen LogP contribution in [0.25, 0.3) is 0 Å². The molecule has 1 fully saturated rings. The van der Waals surface area contributed by atoms with Gasteiger partial charge in [-0.1, -0.05) is 11.6 Å². The highest BCUT2D eigenvalue weighted by atomic mass is 35.5. The summed E-state index contributed by atoms with van der Waals surface area (Å²) in [7, 11) is 0. The summed E-state index contributed by atoms with van der Waals surface area (Å²) in [5.41, 5.74) is 2.49. The first-order chi connectivity index (χ1) is 10.1. The van der Waals surface area contributed by atoms with Crippen molar-refractivity contribution in [1.29, 1.82) is 0 Å². The smallest absolute Gasteiger partial charge is 0.254 e. The molecule has 0 N–H and O–H groups in total. The van der Waals surface area contributed by atoms with E-state index >= 15 is 0 Å². The SMILES string of the molecule is Cc1cc(C(=O)N2CCCC2c2ccncc2)cc(Cl)n1. The van der Waals surface area contributed by atoms with Crippen molar-refractivity contribution in [2.75, 3.05) is 6.54 Å². The quantitative estimate of drug-likeness (QED) is 0.799. The predicted molar refractivity (Wildman–Crippen MR) is 81.2 cm³/mol. The predicted octanol–water partition coefficient (Wildman–Crippen LogP) is 3.42. The molecule has 0 bridgehead atoms. The minimum atomic E-state index is 0.0155. The molecule has 3 heterocycles. The van der Waals surface area contributed by atoms with Gasteiger partial charge in [-0.25, -0.2) is 4.98 Å². The Morgan fingerprint density at radius 1 is 1.33 bits per heavy atom. The highest BCUT2D eigenvalue weighted by molar-refractivity contribution is 6.29. The number of aromatic nitrogens is 2. The van der Waals surface area contributed by atoms with Crippen molar-refractivity contribution < 1.29 is 4.79 Å². The molecule has 108 valence electrons. The number of likely N-dealkylation sites (tertiary alicyclic amines) is 1. The van der Waals surface area contributed by atoms with E-state index < -0.39 is 0 Å². The number of amides is 1. The van der Waals surface area contributed by atoms with Crippen molar-refractivity contribution >= 4 is 17.5 Å². The largest absolute Gasteiger partial charge is 0.332 e. The molecule has 1 atom stereocenters. The number of pyridine rings is 2. The number of nitrogens with zero attached hydrogens (tertiary/aromatic N) is 3. The van der Waals surface area contributed by atoms with Crippen LogP contribution in [0.4, 0.5) is 0 Å². The fourth-order valence-electron chi connectivity index (χ4n) is 2.86. The first kappa shape index (κ1) is 14.0. The second kappa shape index (κ2) is 5.82. The van der Waals surface area contributed by atoms with Crippen LogP contribution >= 0.6 is 11.6 Å². The molecule has 0 saturated carbocycles. The molecule has 1 aliphatic rings. The summed E-state index contributed by atoms with van der Waals surface area (Å²) in [5.74, 6) is 0.0155. The molecular weight excluding hydrogens is 286 g/mol. The Hall–Kier alpha value is -1.94. The van der Waals surface area contributed by atoms with E-state index in [0.29, 0.717) is 10.7 Å². The maximum absolute atomic E-state index is 12.8. The molecule has 0 spiro atoms. The van der Waals surface area contributed by atoms with Crippen molar-refractivity contribution in [3.8, 4) is 0 Å². The summed E-state index contributed by atoms with van der Waals surface area (Å²) in [6, 6.07) is 7.49. The van der Waals surface area contributed by atoms with Crippen LogP contribution in [-0.2, 0) is 0 Å². The van der Waals surface area contributed by atoms with Gasteiger partial charge in [-0.2, -0.15) is 0 Å². The molecule has 3 rings (SSSR count). The Labute approximate surface area is 128 Å². The number of carbonyl (C=O) groups excluding carboxylic acids is 1. The van der Waals surface area contributed by atoms with Gasteiger partial charge in [0.2, 0.25) is 0 Å². The average Bonchev–Trinajstić information content (AvgIpc) is 2.95. The number of carbonyl (C=O) groups is 1. The summed E-state index contributed by atoms with van der Waals surface area (Å²) in [5, 5.41) is 0.359. The zero-order valence-electron chi connectivity index (χ0n) is 11.8. The normalized spacial score (nSPS) is 18.0. The van der Waals surface area contributed by atoms with Crippen molar-refractivity contribution in [2.45, 2.75) is 25.8 Å². The van der Waals surface area contributed by atoms with Gasteiger partial charge in [0.1, 0.15) is 5.15 Å². The first-order valence-electron chi connectivity index (χ1n) is 7.00. The molecular formula is C16H16ClN3O. The molecule has 2 aromatic heterocycles. The van der Waals surface area contributed by atoms with Gasteiger partial charge in [0.05, 0.1) is 6.04 Å². The van der Waals surface area contributed by atoms with Crippen LogP contribution < -0.4 is 0 Å². The third-order valence-corrected chi connectivity index (χ3v) is 3.97. The zero-order chi connectivity index (χ0) is 14.8. The lowest BCUT2D eigenvalue weighted by molar-refractivity contribution is 0.0735. The van der Waals surface area contributed by atoms with Gasteiger partial charge in [0.25, 0.3) is 5.91 Å². The van der Waals surface area contributed by atoms with Crippen LogP contribution in [0.1, 0.15) is 40.5 Å².